The Bertz CT molecular complexity index is 954. The molecule has 11 heteroatoms. The molecule has 0 aromatic heterocycles. The SMILES string of the molecule is CC(=O)NCC1CN(c2cc(C(F)(F)F)c(-c3ccccc3)c(C(F)(F)F)c2)C(=O)O1. The fourth-order valence-electron chi connectivity index (χ4n) is 3.24. The molecule has 2 aromatic rings. The lowest BCUT2D eigenvalue weighted by Crippen LogP contribution is -2.33. The van der Waals surface area contributed by atoms with Crippen LogP contribution in [0.2, 0.25) is 0 Å². The third-order valence-corrected chi connectivity index (χ3v) is 4.56. The molecule has 3 rings (SSSR count). The van der Waals surface area contributed by atoms with E-state index >= 15 is 0 Å². The molecule has 0 spiro atoms. The lowest BCUT2D eigenvalue weighted by Gasteiger charge is -2.23. The van der Waals surface area contributed by atoms with E-state index in [1.807, 2.05) is 0 Å². The van der Waals surface area contributed by atoms with E-state index in [9.17, 15) is 35.9 Å². The van der Waals surface area contributed by atoms with E-state index in [4.69, 9.17) is 4.74 Å². The molecule has 0 aliphatic carbocycles. The first-order valence-corrected chi connectivity index (χ1v) is 8.98. The first-order valence-electron chi connectivity index (χ1n) is 8.98. The van der Waals surface area contributed by atoms with E-state index in [-0.39, 0.29) is 18.7 Å². The predicted octanol–water partition coefficient (Wildman–Crippen LogP) is 4.85. The summed E-state index contributed by atoms with van der Waals surface area (Å²) in [7, 11) is 0. The smallest absolute Gasteiger partial charge is 0.417 e. The van der Waals surface area contributed by atoms with Crippen molar-refractivity contribution in [2.24, 2.45) is 0 Å². The first kappa shape index (κ1) is 22.4. The highest BCUT2D eigenvalue weighted by Crippen LogP contribution is 2.47. The number of nitrogens with one attached hydrogen (secondary N) is 1. The fourth-order valence-corrected chi connectivity index (χ4v) is 3.24. The Kier molecular flexibility index (Phi) is 5.88. The zero-order chi connectivity index (χ0) is 23.0. The molecule has 1 atom stereocenters. The first-order chi connectivity index (χ1) is 14.4. The van der Waals surface area contributed by atoms with Crippen LogP contribution < -0.4 is 10.2 Å². The second kappa shape index (κ2) is 8.12. The molecule has 31 heavy (non-hydrogen) atoms. The number of rotatable bonds is 4. The third-order valence-electron chi connectivity index (χ3n) is 4.56. The number of benzene rings is 2. The molecule has 1 aliphatic rings. The monoisotopic (exact) mass is 446 g/mol. The summed E-state index contributed by atoms with van der Waals surface area (Å²) >= 11 is 0. The van der Waals surface area contributed by atoms with Gasteiger partial charge < -0.3 is 10.1 Å². The lowest BCUT2D eigenvalue weighted by molar-refractivity contribution is -0.142. The number of anilines is 1. The van der Waals surface area contributed by atoms with Crippen molar-refractivity contribution < 1.29 is 40.7 Å². The normalized spacial score (nSPS) is 16.9. The summed E-state index contributed by atoms with van der Waals surface area (Å²) in [6, 6.07) is 7.41. The average molecular weight is 446 g/mol. The van der Waals surface area contributed by atoms with E-state index in [2.05, 4.69) is 5.32 Å². The molecule has 2 aromatic carbocycles. The van der Waals surface area contributed by atoms with Crippen LogP contribution in [-0.4, -0.2) is 31.2 Å². The van der Waals surface area contributed by atoms with Gasteiger partial charge in [-0.05, 0) is 17.7 Å². The minimum atomic E-state index is -5.12. The Labute approximate surface area is 172 Å². The third kappa shape index (κ3) is 4.92. The largest absolute Gasteiger partial charge is 0.442 e. The maximum atomic E-state index is 13.8. The standard InChI is InChI=1S/C20H16F6N2O3/c1-11(29)27-9-14-10-28(18(30)31-14)13-7-15(19(21,22)23)17(12-5-3-2-4-6-12)16(8-13)20(24,25)26/h2-8,14H,9-10H2,1H3,(H,27,29). The number of carbonyl (C=O) groups excluding carboxylic acids is 2. The number of hydrogen-bond acceptors (Lipinski definition) is 3. The van der Waals surface area contributed by atoms with Crippen molar-refractivity contribution in [3.63, 3.8) is 0 Å². The second-order valence-electron chi connectivity index (χ2n) is 6.83. The number of cyclic esters (lactones) is 1. The highest BCUT2D eigenvalue weighted by atomic mass is 19.4. The summed E-state index contributed by atoms with van der Waals surface area (Å²) in [5, 5.41) is 2.38. The van der Waals surface area contributed by atoms with Crippen molar-refractivity contribution in [1.82, 2.24) is 5.32 Å². The molecule has 0 radical (unpaired) electrons. The van der Waals surface area contributed by atoms with Crippen LogP contribution in [0.1, 0.15) is 18.1 Å². The van der Waals surface area contributed by atoms with Gasteiger partial charge in [0.05, 0.1) is 24.2 Å². The number of nitrogens with zero attached hydrogens (tertiary/aromatic N) is 1. The Morgan fingerprint density at radius 2 is 1.61 bits per heavy atom. The number of carbonyl (C=O) groups is 2. The van der Waals surface area contributed by atoms with Crippen molar-refractivity contribution in [3.8, 4) is 11.1 Å². The van der Waals surface area contributed by atoms with Crippen LogP contribution in [0.5, 0.6) is 0 Å². The quantitative estimate of drug-likeness (QED) is 0.683. The van der Waals surface area contributed by atoms with Gasteiger partial charge in [0.1, 0.15) is 6.10 Å². The molecule has 166 valence electrons. The van der Waals surface area contributed by atoms with E-state index in [0.29, 0.717) is 17.0 Å². The van der Waals surface area contributed by atoms with Crippen LogP contribution in [0, 0.1) is 0 Å². The molecule has 0 bridgehead atoms. The molecular formula is C20H16F6N2O3. The van der Waals surface area contributed by atoms with Crippen LogP contribution in [0.25, 0.3) is 11.1 Å². The summed E-state index contributed by atoms with van der Waals surface area (Å²) in [5.41, 5.74) is -4.94. The topological polar surface area (TPSA) is 58.6 Å². The number of alkyl halides is 6. The van der Waals surface area contributed by atoms with Gasteiger partial charge in [-0.15, -0.1) is 0 Å². The molecule has 5 nitrogen and oxygen atoms in total. The molecule has 1 aliphatic heterocycles. The summed E-state index contributed by atoms with van der Waals surface area (Å²) in [6.45, 7) is 0.762. The molecule has 1 N–H and O–H groups in total. The van der Waals surface area contributed by atoms with Crippen LogP contribution in [0.4, 0.5) is 36.8 Å². The highest BCUT2D eigenvalue weighted by Gasteiger charge is 2.43. The van der Waals surface area contributed by atoms with E-state index in [1.54, 1.807) is 0 Å². The van der Waals surface area contributed by atoms with Crippen molar-refractivity contribution in [2.75, 3.05) is 18.0 Å². The zero-order valence-electron chi connectivity index (χ0n) is 16.0. The maximum absolute atomic E-state index is 13.8. The van der Waals surface area contributed by atoms with Gasteiger partial charge in [0, 0.05) is 18.2 Å². The summed E-state index contributed by atoms with van der Waals surface area (Å²) in [6.07, 6.45) is -12.3. The van der Waals surface area contributed by atoms with Gasteiger partial charge in [0.15, 0.2) is 0 Å². The maximum Gasteiger partial charge on any atom is 0.417 e. The van der Waals surface area contributed by atoms with Gasteiger partial charge in [-0.25, -0.2) is 4.79 Å². The molecule has 1 fully saturated rings. The Balaban J connectivity index is 2.14. The Morgan fingerprint density at radius 1 is 1.06 bits per heavy atom. The van der Waals surface area contributed by atoms with E-state index < -0.39 is 52.8 Å². The van der Waals surface area contributed by atoms with Crippen LogP contribution in [-0.2, 0) is 21.9 Å². The lowest BCUT2D eigenvalue weighted by atomic mass is 9.92. The van der Waals surface area contributed by atoms with Crippen molar-refractivity contribution in [1.29, 1.82) is 0 Å². The number of amides is 2. The van der Waals surface area contributed by atoms with Crippen LogP contribution in [0.15, 0.2) is 42.5 Å². The molecule has 0 saturated carbocycles. The Hall–Kier alpha value is -3.24. The van der Waals surface area contributed by atoms with Gasteiger partial charge in [0.2, 0.25) is 5.91 Å². The summed E-state index contributed by atoms with van der Waals surface area (Å²) in [4.78, 5) is 23.8. The second-order valence-corrected chi connectivity index (χ2v) is 6.83. The van der Waals surface area contributed by atoms with Gasteiger partial charge in [0.25, 0.3) is 0 Å². The Morgan fingerprint density at radius 3 is 2.10 bits per heavy atom. The fraction of sp³-hybridized carbons (Fsp3) is 0.300. The molecular weight excluding hydrogens is 430 g/mol. The molecule has 1 heterocycles. The number of halogens is 6. The number of hydrogen-bond donors (Lipinski definition) is 1. The minimum absolute atomic E-state index is 0.127. The van der Waals surface area contributed by atoms with Gasteiger partial charge in [-0.1, -0.05) is 30.3 Å². The zero-order valence-corrected chi connectivity index (χ0v) is 16.0. The summed E-state index contributed by atoms with van der Waals surface area (Å²) in [5.74, 6) is -0.430. The number of ether oxygens (including phenoxy) is 1. The highest BCUT2D eigenvalue weighted by molar-refractivity contribution is 5.91. The average Bonchev–Trinajstić information content (AvgIpc) is 3.05. The predicted molar refractivity (Wildman–Crippen MR) is 98.2 cm³/mol. The van der Waals surface area contributed by atoms with Crippen molar-refractivity contribution in [2.45, 2.75) is 25.4 Å². The van der Waals surface area contributed by atoms with Gasteiger partial charge in [-0.3, -0.25) is 9.69 Å². The van der Waals surface area contributed by atoms with E-state index in [0.717, 1.165) is 12.1 Å². The minimum Gasteiger partial charge on any atom is -0.442 e. The van der Waals surface area contributed by atoms with E-state index in [1.165, 1.54) is 25.1 Å². The summed E-state index contributed by atoms with van der Waals surface area (Å²) < 4.78 is 87.8. The van der Waals surface area contributed by atoms with Crippen molar-refractivity contribution in [3.05, 3.63) is 53.6 Å². The van der Waals surface area contributed by atoms with Crippen LogP contribution in [0.3, 0.4) is 0 Å². The van der Waals surface area contributed by atoms with Gasteiger partial charge in [-0.2, -0.15) is 26.3 Å². The van der Waals surface area contributed by atoms with Crippen molar-refractivity contribution >= 4 is 17.7 Å². The molecule has 1 unspecified atom stereocenters. The van der Waals surface area contributed by atoms with Crippen LogP contribution >= 0.6 is 0 Å². The molecule has 2 amide bonds. The van der Waals surface area contributed by atoms with Gasteiger partial charge >= 0.3 is 18.4 Å². The molecule has 1 saturated heterocycles.